The van der Waals surface area contributed by atoms with Gasteiger partial charge in [-0.3, -0.25) is 30.3 Å². The van der Waals surface area contributed by atoms with E-state index < -0.39 is 22.8 Å². The lowest BCUT2D eigenvalue weighted by molar-refractivity contribution is -0.384. The third-order valence-corrected chi connectivity index (χ3v) is 4.92. The highest BCUT2D eigenvalue weighted by atomic mass is 16.6. The molecule has 146 valence electrons. The fourth-order valence-corrected chi connectivity index (χ4v) is 3.52. The number of urea groups is 1. The van der Waals surface area contributed by atoms with Crippen LogP contribution >= 0.6 is 0 Å². The molecule has 4 rings (SSSR count). The Morgan fingerprint density at radius 1 is 1.00 bits per heavy atom. The van der Waals surface area contributed by atoms with Crippen LogP contribution in [0.5, 0.6) is 0 Å². The summed E-state index contributed by atoms with van der Waals surface area (Å²) < 4.78 is 0. The van der Waals surface area contributed by atoms with Crippen molar-refractivity contribution in [3.05, 3.63) is 74.8 Å². The predicted molar refractivity (Wildman–Crippen MR) is 104 cm³/mol. The average Bonchev–Trinajstić information content (AvgIpc) is 2.70. The molecule has 9 heteroatoms. The summed E-state index contributed by atoms with van der Waals surface area (Å²) in [5.74, 6) is -1.70. The molecule has 4 amide bonds. The lowest BCUT2D eigenvalue weighted by Crippen LogP contribution is -2.51. The first-order chi connectivity index (χ1) is 13.9. The summed E-state index contributed by atoms with van der Waals surface area (Å²) in [6.45, 7) is 1.20. The molecule has 9 nitrogen and oxygen atoms in total. The van der Waals surface area contributed by atoms with Crippen LogP contribution in [-0.2, 0) is 22.6 Å². The minimum absolute atomic E-state index is 0.119. The molecule has 0 aliphatic carbocycles. The van der Waals surface area contributed by atoms with Crippen LogP contribution in [0, 0.1) is 10.1 Å². The van der Waals surface area contributed by atoms with E-state index in [9.17, 15) is 24.5 Å². The van der Waals surface area contributed by atoms with Gasteiger partial charge < -0.3 is 4.90 Å². The van der Waals surface area contributed by atoms with Crippen molar-refractivity contribution < 1.29 is 19.3 Å². The van der Waals surface area contributed by atoms with Crippen molar-refractivity contribution in [1.29, 1.82) is 0 Å². The molecular formula is C20H16N4O5. The van der Waals surface area contributed by atoms with E-state index in [1.54, 1.807) is 12.1 Å². The standard InChI is InChI=1S/C20H16N4O5/c25-18-15(19(26)22-20(27)21-18)9-12-5-6-16(17(10-12)24(28)29)23-8-7-13-3-1-2-4-14(13)11-23/h1-6,9-10H,7-8,11H2,(H2,21,22,25,26,27). The molecule has 0 radical (unpaired) electrons. The average molecular weight is 392 g/mol. The molecular weight excluding hydrogens is 376 g/mol. The van der Waals surface area contributed by atoms with Crippen LogP contribution in [0.2, 0.25) is 0 Å². The highest BCUT2D eigenvalue weighted by Crippen LogP contribution is 2.33. The molecule has 1 saturated heterocycles. The van der Waals surface area contributed by atoms with Crippen LogP contribution in [0.15, 0.2) is 48.0 Å². The zero-order chi connectivity index (χ0) is 20.5. The number of fused-ring (bicyclic) bond motifs is 1. The number of hydrogen-bond acceptors (Lipinski definition) is 6. The van der Waals surface area contributed by atoms with E-state index in [-0.39, 0.29) is 11.3 Å². The van der Waals surface area contributed by atoms with Crippen molar-refractivity contribution in [1.82, 2.24) is 10.6 Å². The fourth-order valence-electron chi connectivity index (χ4n) is 3.52. The number of nitro groups is 1. The van der Waals surface area contributed by atoms with Crippen LogP contribution < -0.4 is 15.5 Å². The molecule has 0 bridgehead atoms. The number of rotatable bonds is 3. The van der Waals surface area contributed by atoms with Crippen molar-refractivity contribution in [3.63, 3.8) is 0 Å². The first kappa shape index (κ1) is 18.4. The number of anilines is 1. The topological polar surface area (TPSA) is 122 Å². The maximum atomic E-state index is 11.9. The minimum atomic E-state index is -0.899. The molecule has 2 aromatic carbocycles. The highest BCUT2D eigenvalue weighted by molar-refractivity contribution is 6.31. The second kappa shape index (κ2) is 7.19. The summed E-state index contributed by atoms with van der Waals surface area (Å²) in [6.07, 6.45) is 2.01. The van der Waals surface area contributed by atoms with Crippen molar-refractivity contribution in [2.75, 3.05) is 11.4 Å². The van der Waals surface area contributed by atoms with Gasteiger partial charge in [0.25, 0.3) is 17.5 Å². The monoisotopic (exact) mass is 392 g/mol. The van der Waals surface area contributed by atoms with E-state index in [0.717, 1.165) is 12.0 Å². The Morgan fingerprint density at radius 2 is 1.69 bits per heavy atom. The van der Waals surface area contributed by atoms with Crippen LogP contribution in [-0.4, -0.2) is 29.3 Å². The van der Waals surface area contributed by atoms with E-state index in [2.05, 4.69) is 6.07 Å². The molecule has 2 aliphatic heterocycles. The number of imide groups is 2. The molecule has 0 unspecified atom stereocenters. The summed E-state index contributed by atoms with van der Waals surface area (Å²) in [4.78, 5) is 48.0. The van der Waals surface area contributed by atoms with Crippen LogP contribution in [0.25, 0.3) is 6.08 Å². The van der Waals surface area contributed by atoms with Gasteiger partial charge in [0.1, 0.15) is 11.3 Å². The SMILES string of the molecule is O=C1NC(=O)C(=Cc2ccc(N3CCc4ccccc4C3)c([N+](=O)[O-])c2)C(=O)N1. The molecule has 0 atom stereocenters. The van der Waals surface area contributed by atoms with E-state index in [0.29, 0.717) is 24.3 Å². The maximum Gasteiger partial charge on any atom is 0.328 e. The molecule has 0 aromatic heterocycles. The number of nitro benzene ring substituents is 1. The van der Waals surface area contributed by atoms with Crippen molar-refractivity contribution in [2.45, 2.75) is 13.0 Å². The Bertz CT molecular complexity index is 1070. The number of hydrogen-bond donors (Lipinski definition) is 2. The fraction of sp³-hybridized carbons (Fsp3) is 0.150. The summed E-state index contributed by atoms with van der Waals surface area (Å²) >= 11 is 0. The Kier molecular flexibility index (Phi) is 4.55. The van der Waals surface area contributed by atoms with Crippen molar-refractivity contribution >= 4 is 35.3 Å². The molecule has 0 spiro atoms. The number of nitrogens with one attached hydrogen (secondary N) is 2. The molecule has 2 aromatic rings. The van der Waals surface area contributed by atoms with Crippen LogP contribution in [0.1, 0.15) is 16.7 Å². The summed E-state index contributed by atoms with van der Waals surface area (Å²) in [5.41, 5.74) is 2.73. The van der Waals surface area contributed by atoms with Crippen LogP contribution in [0.4, 0.5) is 16.2 Å². The largest absolute Gasteiger partial charge is 0.361 e. The summed E-state index contributed by atoms with van der Waals surface area (Å²) in [7, 11) is 0. The van der Waals surface area contributed by atoms with Gasteiger partial charge in [-0.25, -0.2) is 4.79 Å². The van der Waals surface area contributed by atoms with Gasteiger partial charge >= 0.3 is 6.03 Å². The first-order valence-corrected chi connectivity index (χ1v) is 8.91. The molecule has 0 saturated carbocycles. The predicted octanol–water partition coefficient (Wildman–Crippen LogP) is 1.91. The van der Waals surface area contributed by atoms with Gasteiger partial charge in [-0.05, 0) is 35.3 Å². The van der Waals surface area contributed by atoms with Gasteiger partial charge in [-0.2, -0.15) is 0 Å². The van der Waals surface area contributed by atoms with Gasteiger partial charge in [0, 0.05) is 19.2 Å². The molecule has 2 aliphatic rings. The van der Waals surface area contributed by atoms with Gasteiger partial charge in [0.2, 0.25) is 0 Å². The van der Waals surface area contributed by atoms with Gasteiger partial charge in [-0.15, -0.1) is 0 Å². The number of nitrogens with zero attached hydrogens (tertiary/aromatic N) is 2. The zero-order valence-corrected chi connectivity index (χ0v) is 15.2. The van der Waals surface area contributed by atoms with Crippen molar-refractivity contribution in [3.8, 4) is 0 Å². The number of barbiturate groups is 1. The van der Waals surface area contributed by atoms with Crippen LogP contribution in [0.3, 0.4) is 0 Å². The second-order valence-corrected chi connectivity index (χ2v) is 6.74. The lowest BCUT2D eigenvalue weighted by atomic mass is 9.99. The van der Waals surface area contributed by atoms with Crippen molar-refractivity contribution in [2.24, 2.45) is 0 Å². The smallest absolute Gasteiger partial charge is 0.328 e. The van der Waals surface area contributed by atoms with E-state index >= 15 is 0 Å². The van der Waals surface area contributed by atoms with E-state index in [1.807, 2.05) is 33.7 Å². The molecule has 29 heavy (non-hydrogen) atoms. The normalized spacial score (nSPS) is 16.1. The summed E-state index contributed by atoms with van der Waals surface area (Å²) in [6, 6.07) is 11.6. The van der Waals surface area contributed by atoms with E-state index in [4.69, 9.17) is 0 Å². The number of carbonyl (C=O) groups excluding carboxylic acids is 3. The second-order valence-electron chi connectivity index (χ2n) is 6.74. The minimum Gasteiger partial charge on any atom is -0.361 e. The maximum absolute atomic E-state index is 11.9. The van der Waals surface area contributed by atoms with Gasteiger partial charge in [-0.1, -0.05) is 30.3 Å². The third kappa shape index (κ3) is 3.57. The first-order valence-electron chi connectivity index (χ1n) is 8.91. The molecule has 2 heterocycles. The molecule has 2 N–H and O–H groups in total. The van der Waals surface area contributed by atoms with Gasteiger partial charge in [0.05, 0.1) is 4.92 Å². The molecule has 1 fully saturated rings. The number of benzene rings is 2. The number of carbonyl (C=O) groups is 3. The summed E-state index contributed by atoms with van der Waals surface area (Å²) in [5, 5.41) is 15.6. The highest BCUT2D eigenvalue weighted by Gasteiger charge is 2.28. The Balaban J connectivity index is 1.67. The Labute approximate surface area is 165 Å². The third-order valence-electron chi connectivity index (χ3n) is 4.92. The quantitative estimate of drug-likeness (QED) is 0.356. The lowest BCUT2D eigenvalue weighted by Gasteiger charge is -2.30. The number of amides is 4. The van der Waals surface area contributed by atoms with Gasteiger partial charge in [0.15, 0.2) is 0 Å². The van der Waals surface area contributed by atoms with E-state index in [1.165, 1.54) is 17.7 Å². The Hall–Kier alpha value is -4.01. The Morgan fingerprint density at radius 3 is 2.38 bits per heavy atom. The zero-order valence-electron chi connectivity index (χ0n) is 15.2.